The fourth-order valence-corrected chi connectivity index (χ4v) is 0. The number of hydrogen-bond donors (Lipinski definition) is 0. The van der Waals surface area contributed by atoms with Gasteiger partial charge in [0.25, 0.3) is 0 Å². The largest absolute Gasteiger partial charge is 0.304 e. The van der Waals surface area contributed by atoms with Crippen molar-refractivity contribution in [3.63, 3.8) is 0 Å². The monoisotopic (exact) mass is 319 g/mol. The Morgan fingerprint density at radius 2 is 1.30 bits per heavy atom. The molecule has 65 valence electrons. The zero-order valence-electron chi connectivity index (χ0n) is 5.56. The van der Waals surface area contributed by atoms with Gasteiger partial charge in [0, 0.05) is 34.5 Å². The molecule has 0 heterocycles. The second-order valence-electron chi connectivity index (χ2n) is 0.833. The minimum absolute atomic E-state index is 0. The van der Waals surface area contributed by atoms with Crippen molar-refractivity contribution < 1.29 is 20.4 Å². The van der Waals surface area contributed by atoms with Crippen LogP contribution in [0.3, 0.4) is 0 Å². The quantitative estimate of drug-likeness (QED) is 0.612. The van der Waals surface area contributed by atoms with Crippen molar-refractivity contribution in [1.82, 2.24) is 0 Å². The van der Waals surface area contributed by atoms with Crippen LogP contribution in [0.5, 0.6) is 0 Å². The molecule has 0 fully saturated rings. The van der Waals surface area contributed by atoms with Crippen molar-refractivity contribution in [1.29, 1.82) is 0 Å². The molecule has 0 bridgehead atoms. The van der Waals surface area contributed by atoms with Crippen molar-refractivity contribution in [3.05, 3.63) is 0 Å². The van der Waals surface area contributed by atoms with Crippen LogP contribution in [0.2, 0.25) is 0 Å². The van der Waals surface area contributed by atoms with Crippen molar-refractivity contribution in [2.24, 2.45) is 9.98 Å². The van der Waals surface area contributed by atoms with E-state index >= 15 is 0 Å². The molecule has 3 heteroatoms. The molecule has 0 amide bonds. The van der Waals surface area contributed by atoms with Crippen LogP contribution in [0.15, 0.2) is 9.98 Å². The first-order valence-electron chi connectivity index (χ1n) is 2.05. The molecule has 0 spiro atoms. The zero-order valence-corrected chi connectivity index (χ0v) is 8.27. The van der Waals surface area contributed by atoms with Crippen molar-refractivity contribution >= 4 is 12.9 Å². The predicted octanol–water partition coefficient (Wildman–Crippen LogP) is 2.29. The second-order valence-corrected chi connectivity index (χ2v) is 0.833. The first kappa shape index (κ1) is 32.4. The molecule has 2 nitrogen and oxygen atoms in total. The van der Waals surface area contributed by atoms with Crippen molar-refractivity contribution in [3.8, 4) is 0 Å². The average molecular weight is 318 g/mol. The van der Waals surface area contributed by atoms with Crippen LogP contribution in [-0.2, 0) is 20.4 Å². The van der Waals surface area contributed by atoms with E-state index in [0.29, 0.717) is 0 Å². The molecule has 0 unspecified atom stereocenters. The topological polar surface area (TPSA) is 24.7 Å². The van der Waals surface area contributed by atoms with E-state index in [1.54, 1.807) is 20.3 Å². The molecule has 0 aromatic rings. The van der Waals surface area contributed by atoms with Crippen LogP contribution in [-0.4, -0.2) is 27.0 Å². The van der Waals surface area contributed by atoms with Crippen LogP contribution < -0.4 is 0 Å². The van der Waals surface area contributed by atoms with Crippen molar-refractivity contribution in [2.75, 3.05) is 14.1 Å². The van der Waals surface area contributed by atoms with Gasteiger partial charge in [-0.2, -0.15) is 0 Å². The Morgan fingerprint density at radius 1 is 1.20 bits per heavy atom. The number of aliphatic imine (C=N–C) groups is 2. The summed E-state index contributed by atoms with van der Waals surface area (Å²) in [5, 5.41) is 0. The van der Waals surface area contributed by atoms with E-state index < -0.39 is 0 Å². The molecule has 0 N–H and O–H groups in total. The number of hydrogen-bond acceptors (Lipinski definition) is 2. The Bertz CT molecular complexity index is 49.6. The second kappa shape index (κ2) is 64.0. The first-order valence-corrected chi connectivity index (χ1v) is 2.05. The fourth-order valence-electron chi connectivity index (χ4n) is 0. The van der Waals surface area contributed by atoms with Crippen LogP contribution in [0.4, 0.5) is 0 Å². The summed E-state index contributed by atoms with van der Waals surface area (Å²) in [4.78, 5) is 6.86. The molecule has 0 aliphatic carbocycles. The van der Waals surface area contributed by atoms with Gasteiger partial charge >= 0.3 is 0 Å². The Labute approximate surface area is 79.5 Å². The normalized spacial score (nSPS) is 5.10. The van der Waals surface area contributed by atoms with E-state index in [0.717, 1.165) is 0 Å². The van der Waals surface area contributed by atoms with E-state index in [1.165, 1.54) is 0 Å². The average Bonchev–Trinajstić information content (AvgIpc) is 1.69. The summed E-state index contributed by atoms with van der Waals surface area (Å²) < 4.78 is 0. The maximum atomic E-state index is 3.61. The van der Waals surface area contributed by atoms with E-state index in [9.17, 15) is 0 Å². The summed E-state index contributed by atoms with van der Waals surface area (Å²) in [5.41, 5.74) is 0. The summed E-state index contributed by atoms with van der Waals surface area (Å²) in [7, 11) is 3.39. The van der Waals surface area contributed by atoms with E-state index in [2.05, 4.69) is 16.7 Å². The van der Waals surface area contributed by atoms with Gasteiger partial charge < -0.3 is 9.98 Å². The van der Waals surface area contributed by atoms with Crippen LogP contribution >= 0.6 is 0 Å². The van der Waals surface area contributed by atoms with Gasteiger partial charge in [0.15, 0.2) is 0 Å². The molecule has 10 heavy (non-hydrogen) atoms. The minimum atomic E-state index is 0. The number of nitrogens with zero attached hydrogens (tertiary/aromatic N) is 2. The summed E-state index contributed by atoms with van der Waals surface area (Å²) in [6.07, 6.45) is 1.75. The summed E-state index contributed by atoms with van der Waals surface area (Å²) in [6.45, 7) is 5.00. The molecule has 0 aliphatic rings. The molecular formula is C7H20N2Re. The Kier molecular flexibility index (Phi) is 207. The molecule has 0 atom stereocenters. The van der Waals surface area contributed by atoms with E-state index in [1.807, 2.05) is 6.92 Å². The maximum absolute atomic E-state index is 3.61. The molecule has 0 aromatic carbocycles. The third-order valence-corrected chi connectivity index (χ3v) is 0.258. The predicted molar refractivity (Wildman–Crippen MR) is 49.0 cm³/mol. The van der Waals surface area contributed by atoms with E-state index in [4.69, 9.17) is 0 Å². The maximum Gasteiger partial charge on any atom is 0.0273 e. The molecule has 1 radical (unpaired) electrons. The zero-order chi connectivity index (χ0) is 6.12. The molecule has 0 saturated heterocycles. The van der Waals surface area contributed by atoms with Gasteiger partial charge in [-0.3, -0.25) is 0 Å². The van der Waals surface area contributed by atoms with Gasteiger partial charge in [0.2, 0.25) is 0 Å². The standard InChI is InChI=1S/C3H7N.C2H5N.2CH4.Re/c1-3-4-2;1-3-2;;;/h3H,1-2H3;1H2,2H3;2*1H4;. The van der Waals surface area contributed by atoms with Crippen LogP contribution in [0.25, 0.3) is 0 Å². The fraction of sp³-hybridized carbons (Fsp3) is 0.714. The third-order valence-electron chi connectivity index (χ3n) is 0.258. The van der Waals surface area contributed by atoms with Crippen molar-refractivity contribution in [2.45, 2.75) is 21.8 Å². The SMILES string of the molecule is C.C.C=NC.CC=NC.[Re]. The molecule has 0 rings (SSSR count). The smallest absolute Gasteiger partial charge is 0.0273 e. The molecular weight excluding hydrogens is 298 g/mol. The molecule has 0 aromatic heterocycles. The van der Waals surface area contributed by atoms with Gasteiger partial charge in [-0.15, -0.1) is 0 Å². The molecule has 0 aliphatic heterocycles. The molecule has 0 saturated carbocycles. The Morgan fingerprint density at radius 3 is 1.30 bits per heavy atom. The Hall–Kier alpha value is 0.00234. The van der Waals surface area contributed by atoms with Gasteiger partial charge in [-0.25, -0.2) is 0 Å². The third kappa shape index (κ3) is 391. The van der Waals surface area contributed by atoms with Gasteiger partial charge in [-0.1, -0.05) is 14.9 Å². The van der Waals surface area contributed by atoms with Crippen LogP contribution in [0, 0.1) is 0 Å². The minimum Gasteiger partial charge on any atom is -0.304 e. The number of rotatable bonds is 0. The Balaban J connectivity index is -0.0000000131. The van der Waals surface area contributed by atoms with E-state index in [-0.39, 0.29) is 35.3 Å². The summed E-state index contributed by atoms with van der Waals surface area (Å²) in [6, 6.07) is 0. The summed E-state index contributed by atoms with van der Waals surface area (Å²) in [5.74, 6) is 0. The summed E-state index contributed by atoms with van der Waals surface area (Å²) >= 11 is 0. The van der Waals surface area contributed by atoms with Crippen LogP contribution in [0.1, 0.15) is 21.8 Å². The first-order chi connectivity index (χ1) is 3.33. The van der Waals surface area contributed by atoms with Gasteiger partial charge in [0.1, 0.15) is 0 Å². The van der Waals surface area contributed by atoms with Gasteiger partial charge in [-0.05, 0) is 19.9 Å². The van der Waals surface area contributed by atoms with Gasteiger partial charge in [0.05, 0.1) is 0 Å².